The van der Waals surface area contributed by atoms with Gasteiger partial charge in [0.1, 0.15) is 0 Å². The number of hydrogen-bond donors (Lipinski definition) is 0. The predicted octanol–water partition coefficient (Wildman–Crippen LogP) is 15.6. The molecule has 11 aromatic rings. The van der Waals surface area contributed by atoms with Gasteiger partial charge in [0.2, 0.25) is 0 Å². The first-order valence-electron chi connectivity index (χ1n) is 21.4. The first-order valence-corrected chi connectivity index (χ1v) is 21.4. The van der Waals surface area contributed by atoms with Crippen LogP contribution in [0.2, 0.25) is 0 Å². The Morgan fingerprint density at radius 3 is 1.70 bits per heavy atom. The molecule has 2 aliphatic carbocycles. The molecule has 284 valence electrons. The summed E-state index contributed by atoms with van der Waals surface area (Å²) in [6.45, 7) is 0. The smallest absolute Gasteiger partial charge is 0.0547 e. The van der Waals surface area contributed by atoms with Gasteiger partial charge in [-0.2, -0.15) is 0 Å². The van der Waals surface area contributed by atoms with Crippen LogP contribution in [0, 0.1) is 0 Å². The highest BCUT2D eigenvalue weighted by atomic mass is 15.0. The summed E-state index contributed by atoms with van der Waals surface area (Å²) in [5.41, 5.74) is 22.1. The SMILES string of the molecule is c1ccc(-c2ccc(C3c4ccccc4-c4cc(-c5ccc6c(c5)c5c7c(ccc5n6-c5cccc6ccccc56)C(c5ccccc5)c5ccccc5-7)ccc43)cc2)cc1. The number of aromatic nitrogens is 1. The van der Waals surface area contributed by atoms with Crippen LogP contribution in [0.3, 0.4) is 0 Å². The second kappa shape index (κ2) is 13.4. The van der Waals surface area contributed by atoms with E-state index in [-0.39, 0.29) is 11.8 Å². The van der Waals surface area contributed by atoms with Gasteiger partial charge in [-0.05, 0) is 114 Å². The Balaban J connectivity index is 1.02. The van der Waals surface area contributed by atoms with Gasteiger partial charge in [0.05, 0.1) is 16.7 Å². The molecule has 0 N–H and O–H groups in total. The van der Waals surface area contributed by atoms with Crippen molar-refractivity contribution in [3.63, 3.8) is 0 Å². The van der Waals surface area contributed by atoms with E-state index in [1.807, 2.05) is 0 Å². The van der Waals surface area contributed by atoms with E-state index in [4.69, 9.17) is 0 Å². The van der Waals surface area contributed by atoms with Crippen molar-refractivity contribution in [2.24, 2.45) is 0 Å². The third-order valence-corrected chi connectivity index (χ3v) is 13.6. The molecule has 2 unspecified atom stereocenters. The second-order valence-electron chi connectivity index (χ2n) is 16.7. The van der Waals surface area contributed by atoms with Gasteiger partial charge in [-0.15, -0.1) is 0 Å². The van der Waals surface area contributed by atoms with Crippen LogP contribution in [0.5, 0.6) is 0 Å². The molecule has 0 saturated heterocycles. The zero-order valence-corrected chi connectivity index (χ0v) is 33.5. The van der Waals surface area contributed by atoms with E-state index in [1.54, 1.807) is 0 Å². The lowest BCUT2D eigenvalue weighted by atomic mass is 9.88. The van der Waals surface area contributed by atoms with Crippen LogP contribution < -0.4 is 0 Å². The molecular weight excluding hydrogens is 735 g/mol. The topological polar surface area (TPSA) is 4.93 Å². The lowest BCUT2D eigenvalue weighted by Gasteiger charge is -2.15. The van der Waals surface area contributed by atoms with Crippen LogP contribution in [0.15, 0.2) is 224 Å². The van der Waals surface area contributed by atoms with E-state index in [9.17, 15) is 0 Å². The maximum Gasteiger partial charge on any atom is 0.0547 e. The van der Waals surface area contributed by atoms with Crippen LogP contribution in [-0.4, -0.2) is 4.57 Å². The Labute approximate surface area is 355 Å². The molecule has 2 aliphatic rings. The largest absolute Gasteiger partial charge is 0.309 e. The van der Waals surface area contributed by atoms with E-state index < -0.39 is 0 Å². The molecule has 1 heteroatoms. The third kappa shape index (κ3) is 5.14. The van der Waals surface area contributed by atoms with Gasteiger partial charge in [0, 0.05) is 28.0 Å². The van der Waals surface area contributed by atoms with Gasteiger partial charge in [0.15, 0.2) is 0 Å². The summed E-state index contributed by atoms with van der Waals surface area (Å²) < 4.78 is 2.52. The summed E-state index contributed by atoms with van der Waals surface area (Å²) in [5, 5.41) is 5.08. The van der Waals surface area contributed by atoms with Crippen molar-refractivity contribution < 1.29 is 0 Å². The van der Waals surface area contributed by atoms with Crippen LogP contribution in [0.4, 0.5) is 0 Å². The molecule has 0 radical (unpaired) electrons. The lowest BCUT2D eigenvalue weighted by molar-refractivity contribution is 1.02. The van der Waals surface area contributed by atoms with Crippen molar-refractivity contribution in [3.8, 4) is 50.2 Å². The monoisotopic (exact) mass is 773 g/mol. The van der Waals surface area contributed by atoms with Crippen molar-refractivity contribution in [3.05, 3.63) is 258 Å². The molecule has 0 bridgehead atoms. The van der Waals surface area contributed by atoms with Gasteiger partial charge in [-0.25, -0.2) is 0 Å². The molecule has 10 aromatic carbocycles. The third-order valence-electron chi connectivity index (χ3n) is 13.6. The quantitative estimate of drug-likeness (QED) is 0.164. The molecular formula is C60H39N. The van der Waals surface area contributed by atoms with Crippen LogP contribution in [0.25, 0.3) is 82.8 Å². The Morgan fingerprint density at radius 1 is 0.311 bits per heavy atom. The molecule has 0 aliphatic heterocycles. The van der Waals surface area contributed by atoms with Crippen molar-refractivity contribution in [2.45, 2.75) is 11.8 Å². The standard InChI is InChI=1S/C60H39N/c1-3-14-38(15-4-1)39-26-28-42(29-27-39)57-47-22-10-9-21-46(47)52-36-43(30-32-50(52)57)44-31-34-55-53(37-44)60-56(61(55)54-25-13-19-40-16-7-8-20-45(40)54)35-33-51-58(41-17-5-2-6-18-41)48-23-11-12-24-49(48)59(51)60/h1-37,57-58H. The Morgan fingerprint density at radius 2 is 0.869 bits per heavy atom. The maximum absolute atomic E-state index is 2.52. The normalized spacial score (nSPS) is 14.9. The average Bonchev–Trinajstić information content (AvgIpc) is 3.97. The molecule has 1 nitrogen and oxygen atoms in total. The number of fused-ring (bicyclic) bond motifs is 11. The summed E-state index contributed by atoms with van der Waals surface area (Å²) in [6, 6.07) is 83.6. The zero-order chi connectivity index (χ0) is 40.0. The minimum Gasteiger partial charge on any atom is -0.309 e. The molecule has 2 atom stereocenters. The fraction of sp³-hybridized carbons (Fsp3) is 0.0333. The fourth-order valence-electron chi connectivity index (χ4n) is 10.9. The summed E-state index contributed by atoms with van der Waals surface area (Å²) in [5.74, 6) is 0.363. The minimum atomic E-state index is 0.176. The molecule has 61 heavy (non-hydrogen) atoms. The van der Waals surface area contributed by atoms with E-state index in [0.29, 0.717) is 0 Å². The highest BCUT2D eigenvalue weighted by molar-refractivity contribution is 6.19. The molecule has 0 fully saturated rings. The first-order chi connectivity index (χ1) is 30.3. The molecule has 13 rings (SSSR count). The summed E-state index contributed by atoms with van der Waals surface area (Å²) in [6.07, 6.45) is 0. The predicted molar refractivity (Wildman–Crippen MR) is 255 cm³/mol. The number of rotatable bonds is 5. The van der Waals surface area contributed by atoms with Gasteiger partial charge in [-0.3, -0.25) is 0 Å². The lowest BCUT2D eigenvalue weighted by Crippen LogP contribution is -1.99. The highest BCUT2D eigenvalue weighted by Crippen LogP contribution is 2.54. The van der Waals surface area contributed by atoms with Crippen molar-refractivity contribution in [2.75, 3.05) is 0 Å². The fourth-order valence-corrected chi connectivity index (χ4v) is 10.9. The summed E-state index contributed by atoms with van der Waals surface area (Å²) in [7, 11) is 0. The van der Waals surface area contributed by atoms with Gasteiger partial charge in [-0.1, -0.05) is 194 Å². The number of hydrogen-bond acceptors (Lipinski definition) is 0. The molecule has 0 amide bonds. The Hall–Kier alpha value is -7.74. The molecule has 1 aromatic heterocycles. The van der Waals surface area contributed by atoms with Crippen LogP contribution >= 0.6 is 0 Å². The van der Waals surface area contributed by atoms with Crippen molar-refractivity contribution >= 4 is 32.6 Å². The zero-order valence-electron chi connectivity index (χ0n) is 33.5. The molecule has 0 spiro atoms. The number of nitrogens with zero attached hydrogens (tertiary/aromatic N) is 1. The van der Waals surface area contributed by atoms with Crippen LogP contribution in [0.1, 0.15) is 45.2 Å². The Bertz CT molecular complexity index is 3510. The van der Waals surface area contributed by atoms with E-state index in [1.165, 1.54) is 116 Å². The van der Waals surface area contributed by atoms with Crippen molar-refractivity contribution in [1.82, 2.24) is 4.57 Å². The van der Waals surface area contributed by atoms with Gasteiger partial charge < -0.3 is 4.57 Å². The van der Waals surface area contributed by atoms with E-state index in [2.05, 4.69) is 229 Å². The molecule has 1 heterocycles. The average molecular weight is 774 g/mol. The molecule has 0 saturated carbocycles. The summed E-state index contributed by atoms with van der Waals surface area (Å²) in [4.78, 5) is 0. The number of benzene rings is 10. The van der Waals surface area contributed by atoms with E-state index >= 15 is 0 Å². The highest BCUT2D eigenvalue weighted by Gasteiger charge is 2.34. The maximum atomic E-state index is 2.52. The summed E-state index contributed by atoms with van der Waals surface area (Å²) >= 11 is 0. The van der Waals surface area contributed by atoms with Crippen molar-refractivity contribution in [1.29, 1.82) is 0 Å². The van der Waals surface area contributed by atoms with Gasteiger partial charge >= 0.3 is 0 Å². The minimum absolute atomic E-state index is 0.176. The Kier molecular flexibility index (Phi) is 7.50. The van der Waals surface area contributed by atoms with Gasteiger partial charge in [0.25, 0.3) is 0 Å². The second-order valence-corrected chi connectivity index (χ2v) is 16.7. The first kappa shape index (κ1) is 34.2. The van der Waals surface area contributed by atoms with E-state index in [0.717, 1.165) is 0 Å². The van der Waals surface area contributed by atoms with Crippen LogP contribution in [-0.2, 0) is 0 Å².